The number of amides is 1. The number of carbonyl (C=O) groups is 1. The first-order valence-corrected chi connectivity index (χ1v) is 9.90. The Hall–Kier alpha value is -3.08. The van der Waals surface area contributed by atoms with E-state index in [0.717, 1.165) is 12.1 Å². The standard InChI is InChI=1S/C18H16F3N3O4S/c19-18(20,21)28-13-7-5-12(6-8-13)11-23-16(25)9-10-22-17-14-3-1-2-4-15(14)29(26,27)24-17/h1-8H,9-11H2,(H,22,24)(H,23,25). The monoisotopic (exact) mass is 427 g/mol. The van der Waals surface area contributed by atoms with E-state index < -0.39 is 16.4 Å². The molecular formula is C18H16F3N3O4S. The number of fused-ring (bicyclic) bond motifs is 1. The van der Waals surface area contributed by atoms with Crippen LogP contribution in [0.15, 0.2) is 58.4 Å². The number of aliphatic imine (C=N–C) groups is 1. The number of hydrogen-bond acceptors (Lipinski definition) is 5. The van der Waals surface area contributed by atoms with Crippen molar-refractivity contribution in [1.29, 1.82) is 0 Å². The molecule has 2 N–H and O–H groups in total. The molecule has 154 valence electrons. The van der Waals surface area contributed by atoms with Crippen molar-refractivity contribution in [2.75, 3.05) is 6.54 Å². The van der Waals surface area contributed by atoms with Crippen LogP contribution in [0.4, 0.5) is 13.2 Å². The van der Waals surface area contributed by atoms with Gasteiger partial charge >= 0.3 is 6.36 Å². The molecule has 3 rings (SSSR count). The number of hydrogen-bond donors (Lipinski definition) is 2. The predicted molar refractivity (Wildman–Crippen MR) is 97.8 cm³/mol. The zero-order valence-electron chi connectivity index (χ0n) is 14.9. The lowest BCUT2D eigenvalue weighted by Gasteiger charge is -2.09. The van der Waals surface area contributed by atoms with Crippen LogP contribution in [0, 0.1) is 0 Å². The number of carbonyl (C=O) groups excluding carboxylic acids is 1. The SMILES string of the molecule is O=C(CCN=C1NS(=O)(=O)c2ccccc21)NCc1ccc(OC(F)(F)F)cc1. The first-order valence-electron chi connectivity index (χ1n) is 8.42. The van der Waals surface area contributed by atoms with Crippen LogP contribution in [0.3, 0.4) is 0 Å². The summed E-state index contributed by atoms with van der Waals surface area (Å²) in [6, 6.07) is 11.5. The van der Waals surface area contributed by atoms with Gasteiger partial charge in [0.15, 0.2) is 0 Å². The summed E-state index contributed by atoms with van der Waals surface area (Å²) < 4.78 is 66.4. The summed E-state index contributed by atoms with van der Waals surface area (Å²) in [4.78, 5) is 16.2. The molecule has 0 bridgehead atoms. The second-order valence-corrected chi connectivity index (χ2v) is 7.70. The highest BCUT2D eigenvalue weighted by atomic mass is 32.2. The van der Waals surface area contributed by atoms with Crippen LogP contribution in [0.2, 0.25) is 0 Å². The Labute approximate surface area is 164 Å². The van der Waals surface area contributed by atoms with Crippen LogP contribution in [-0.2, 0) is 21.4 Å². The maximum Gasteiger partial charge on any atom is 0.573 e. The summed E-state index contributed by atoms with van der Waals surface area (Å²) in [5.41, 5.74) is 1.05. The Morgan fingerprint density at radius 2 is 1.79 bits per heavy atom. The van der Waals surface area contributed by atoms with Crippen molar-refractivity contribution in [2.24, 2.45) is 4.99 Å². The van der Waals surface area contributed by atoms with E-state index in [0.29, 0.717) is 11.1 Å². The fourth-order valence-corrected chi connectivity index (χ4v) is 3.87. The summed E-state index contributed by atoms with van der Waals surface area (Å²) in [5, 5.41) is 2.62. The molecule has 7 nitrogen and oxygen atoms in total. The van der Waals surface area contributed by atoms with Crippen molar-refractivity contribution in [3.63, 3.8) is 0 Å². The fourth-order valence-electron chi connectivity index (χ4n) is 2.62. The molecule has 1 heterocycles. The average Bonchev–Trinajstić information content (AvgIpc) is 2.91. The van der Waals surface area contributed by atoms with Crippen LogP contribution in [-0.4, -0.2) is 33.1 Å². The minimum absolute atomic E-state index is 0.0165. The van der Waals surface area contributed by atoms with Crippen LogP contribution in [0.25, 0.3) is 0 Å². The number of rotatable bonds is 6. The lowest BCUT2D eigenvalue weighted by atomic mass is 10.2. The third-order valence-corrected chi connectivity index (χ3v) is 5.32. The number of sulfonamides is 1. The van der Waals surface area contributed by atoms with Crippen molar-refractivity contribution in [1.82, 2.24) is 10.0 Å². The number of ether oxygens (including phenoxy) is 1. The Kier molecular flexibility index (Phi) is 5.78. The Morgan fingerprint density at radius 3 is 2.48 bits per heavy atom. The van der Waals surface area contributed by atoms with Crippen molar-refractivity contribution < 1.29 is 31.1 Å². The second kappa shape index (κ2) is 8.11. The van der Waals surface area contributed by atoms with E-state index in [1.54, 1.807) is 18.2 Å². The Morgan fingerprint density at radius 1 is 1.10 bits per heavy atom. The number of nitrogens with one attached hydrogen (secondary N) is 2. The molecule has 11 heteroatoms. The summed E-state index contributed by atoms with van der Waals surface area (Å²) in [6.45, 7) is 0.188. The first kappa shape index (κ1) is 20.6. The molecule has 1 aliphatic heterocycles. The molecule has 29 heavy (non-hydrogen) atoms. The number of alkyl halides is 3. The van der Waals surface area contributed by atoms with Crippen LogP contribution < -0.4 is 14.8 Å². The zero-order chi connectivity index (χ0) is 21.1. The number of benzene rings is 2. The molecule has 1 amide bonds. The molecule has 1 aliphatic rings. The van der Waals surface area contributed by atoms with E-state index in [1.807, 2.05) is 0 Å². The number of amidine groups is 1. The van der Waals surface area contributed by atoms with Crippen molar-refractivity contribution in [3.05, 3.63) is 59.7 Å². The molecule has 0 aliphatic carbocycles. The van der Waals surface area contributed by atoms with Gasteiger partial charge in [0.1, 0.15) is 11.6 Å². The van der Waals surface area contributed by atoms with Crippen LogP contribution in [0.5, 0.6) is 5.75 Å². The van der Waals surface area contributed by atoms with Gasteiger partial charge < -0.3 is 10.1 Å². The molecule has 0 fully saturated rings. The number of halogens is 3. The van der Waals surface area contributed by atoms with Gasteiger partial charge in [0.05, 0.1) is 11.4 Å². The maximum atomic E-state index is 12.1. The van der Waals surface area contributed by atoms with E-state index in [9.17, 15) is 26.4 Å². The summed E-state index contributed by atoms with van der Waals surface area (Å²) in [6.07, 6.45) is -4.74. The highest BCUT2D eigenvalue weighted by molar-refractivity contribution is 7.90. The summed E-state index contributed by atoms with van der Waals surface area (Å²) >= 11 is 0. The fraction of sp³-hybridized carbons (Fsp3) is 0.222. The van der Waals surface area contributed by atoms with Gasteiger partial charge in [-0.25, -0.2) is 8.42 Å². The first-order chi connectivity index (χ1) is 13.6. The van der Waals surface area contributed by atoms with Gasteiger partial charge in [-0.05, 0) is 29.8 Å². The third-order valence-electron chi connectivity index (χ3n) is 3.92. The van der Waals surface area contributed by atoms with Crippen molar-refractivity contribution in [2.45, 2.75) is 24.2 Å². The molecule has 2 aromatic rings. The van der Waals surface area contributed by atoms with E-state index in [1.165, 1.54) is 18.2 Å². The minimum atomic E-state index is -4.76. The van der Waals surface area contributed by atoms with Crippen molar-refractivity contribution >= 4 is 21.8 Å². The summed E-state index contributed by atoms with van der Waals surface area (Å²) in [5.74, 6) is -0.490. The lowest BCUT2D eigenvalue weighted by Crippen LogP contribution is -2.25. The zero-order valence-corrected chi connectivity index (χ0v) is 15.7. The molecule has 0 saturated carbocycles. The van der Waals surface area contributed by atoms with Gasteiger partial charge in [-0.1, -0.05) is 24.3 Å². The topological polar surface area (TPSA) is 96.9 Å². The summed E-state index contributed by atoms with van der Waals surface area (Å²) in [7, 11) is -3.63. The molecule has 0 radical (unpaired) electrons. The molecule has 0 aromatic heterocycles. The Bertz CT molecular complexity index is 1040. The normalized spacial score (nSPS) is 16.2. The molecule has 0 atom stereocenters. The highest BCUT2D eigenvalue weighted by Gasteiger charge is 2.31. The van der Waals surface area contributed by atoms with E-state index in [4.69, 9.17) is 0 Å². The molecule has 0 spiro atoms. The smallest absolute Gasteiger partial charge is 0.406 e. The quantitative estimate of drug-likeness (QED) is 0.740. The van der Waals surface area contributed by atoms with Gasteiger partial charge in [-0.2, -0.15) is 0 Å². The van der Waals surface area contributed by atoms with Gasteiger partial charge in [-0.15, -0.1) is 13.2 Å². The van der Waals surface area contributed by atoms with E-state index >= 15 is 0 Å². The Balaban J connectivity index is 1.49. The van der Waals surface area contributed by atoms with Crippen LogP contribution in [0.1, 0.15) is 17.5 Å². The van der Waals surface area contributed by atoms with Gasteiger partial charge in [0.25, 0.3) is 10.0 Å². The number of nitrogens with zero attached hydrogens (tertiary/aromatic N) is 1. The van der Waals surface area contributed by atoms with Gasteiger partial charge in [0.2, 0.25) is 5.91 Å². The minimum Gasteiger partial charge on any atom is -0.406 e. The molecule has 2 aromatic carbocycles. The van der Waals surface area contributed by atoms with E-state index in [2.05, 4.69) is 19.8 Å². The molecular weight excluding hydrogens is 411 g/mol. The third kappa shape index (κ3) is 5.47. The van der Waals surface area contributed by atoms with Crippen LogP contribution >= 0.6 is 0 Å². The van der Waals surface area contributed by atoms with Gasteiger partial charge in [0, 0.05) is 18.5 Å². The second-order valence-electron chi connectivity index (χ2n) is 6.05. The van der Waals surface area contributed by atoms with E-state index in [-0.39, 0.29) is 41.9 Å². The highest BCUT2D eigenvalue weighted by Crippen LogP contribution is 2.23. The van der Waals surface area contributed by atoms with Gasteiger partial charge in [-0.3, -0.25) is 14.5 Å². The van der Waals surface area contributed by atoms with Crippen molar-refractivity contribution in [3.8, 4) is 5.75 Å². The lowest BCUT2D eigenvalue weighted by molar-refractivity contribution is -0.274. The maximum absolute atomic E-state index is 12.1. The average molecular weight is 427 g/mol. The molecule has 0 unspecified atom stereocenters. The largest absolute Gasteiger partial charge is 0.573 e. The predicted octanol–water partition coefficient (Wildman–Crippen LogP) is 2.33. The molecule has 0 saturated heterocycles.